The van der Waals surface area contributed by atoms with E-state index < -0.39 is 5.60 Å². The molecule has 6 fully saturated rings. The maximum Gasteiger partial charge on any atom is 0.0805 e. The molecule has 2 aromatic carbocycles. The highest BCUT2D eigenvalue weighted by Gasteiger charge is 2.68. The highest BCUT2D eigenvalue weighted by Crippen LogP contribution is 2.71. The molecule has 7 aliphatic rings. The van der Waals surface area contributed by atoms with Crippen LogP contribution in [0, 0.1) is 58.7 Å². The molecule has 4 nitrogen and oxygen atoms in total. The number of allylic oxidation sites excluding steroid dienone is 2. The fourth-order valence-electron chi connectivity index (χ4n) is 14.4. The van der Waals surface area contributed by atoms with Gasteiger partial charge < -0.3 is 15.3 Å². The molecule has 0 bridgehead atoms. The maximum atomic E-state index is 12.5. The lowest BCUT2D eigenvalue weighted by molar-refractivity contribution is -0.179. The second kappa shape index (κ2) is 12.9. The van der Waals surface area contributed by atoms with Crippen LogP contribution in [0.5, 0.6) is 0 Å². The lowest BCUT2D eigenvalue weighted by Gasteiger charge is -2.60. The number of aliphatic hydroxyl groups excluding tert-OH is 2. The van der Waals surface area contributed by atoms with Crippen LogP contribution in [-0.2, 0) is 6.42 Å². The summed E-state index contributed by atoms with van der Waals surface area (Å²) in [5.41, 5.74) is 2.46. The Kier molecular flexibility index (Phi) is 8.66. The predicted molar refractivity (Wildman–Crippen MR) is 196 cm³/mol. The number of aryl methyl sites for hydroxylation is 1. The van der Waals surface area contributed by atoms with Crippen LogP contribution in [0.25, 0.3) is 0 Å². The lowest BCUT2D eigenvalue weighted by Crippen LogP contribution is -2.67. The predicted octanol–water partition coefficient (Wildman–Crippen LogP) is 8.02. The number of fused-ring (bicyclic) bond motifs is 6. The van der Waals surface area contributed by atoms with Gasteiger partial charge in [0.25, 0.3) is 0 Å². The van der Waals surface area contributed by atoms with E-state index in [9.17, 15) is 15.3 Å². The monoisotopic (exact) mass is 663 g/mol. The fourth-order valence-corrected chi connectivity index (χ4v) is 14.4. The molecule has 4 heteroatoms. The summed E-state index contributed by atoms with van der Waals surface area (Å²) in [6.07, 6.45) is 19.0. The molecular weight excluding hydrogens is 602 g/mol. The number of benzene rings is 2. The van der Waals surface area contributed by atoms with Crippen molar-refractivity contribution in [3.05, 3.63) is 83.9 Å². The summed E-state index contributed by atoms with van der Waals surface area (Å²) in [4.78, 5) is 2.79. The van der Waals surface area contributed by atoms with Gasteiger partial charge in [0.15, 0.2) is 0 Å². The van der Waals surface area contributed by atoms with Gasteiger partial charge in [0, 0.05) is 19.1 Å². The van der Waals surface area contributed by atoms with Gasteiger partial charge in [-0.2, -0.15) is 0 Å². The summed E-state index contributed by atoms with van der Waals surface area (Å²) in [6.45, 7) is 4.51. The molecule has 5 aliphatic carbocycles. The Bertz CT molecular complexity index is 1470. The molecule has 1 spiro atoms. The van der Waals surface area contributed by atoms with Crippen molar-refractivity contribution in [3.63, 3.8) is 0 Å². The van der Waals surface area contributed by atoms with Crippen molar-refractivity contribution in [2.75, 3.05) is 13.1 Å². The molecule has 0 amide bonds. The third-order valence-electron chi connectivity index (χ3n) is 16.4. The number of piperidine rings is 2. The Balaban J connectivity index is 0.930. The summed E-state index contributed by atoms with van der Waals surface area (Å²) < 4.78 is 0. The average molecular weight is 664 g/mol. The Morgan fingerprint density at radius 3 is 2.43 bits per heavy atom. The molecule has 2 heterocycles. The summed E-state index contributed by atoms with van der Waals surface area (Å²) in [5, 5.41) is 34.9. The maximum absolute atomic E-state index is 12.5. The van der Waals surface area contributed by atoms with Crippen molar-refractivity contribution < 1.29 is 15.3 Å². The standard InChI is InChI=1S/C45H61NO3/c1-44(49)38-20-19-34-36-26-40(48)39-25-33(47)22-24-45(39)23-8-13-35(43(36)45)42(34)37(38)28-46-27-30(16-21-41(44)46)15-18-32(31-11-6-3-7-12-31)17-14-29-9-4-2-5-10-29/h2-13,30,32-43,47-49H,14-28H2,1H3/t30-,32-,33-,34+,35?,36+,37+,38+,39-,40-,41-,42?,43-,44+,45+/m0/s1. The largest absolute Gasteiger partial charge is 0.393 e. The van der Waals surface area contributed by atoms with Gasteiger partial charge in [0.1, 0.15) is 0 Å². The first-order valence-corrected chi connectivity index (χ1v) is 20.4. The Morgan fingerprint density at radius 2 is 1.61 bits per heavy atom. The van der Waals surface area contributed by atoms with E-state index in [0.29, 0.717) is 53.3 Å². The van der Waals surface area contributed by atoms with Crippen LogP contribution in [0.4, 0.5) is 0 Å². The van der Waals surface area contributed by atoms with E-state index in [-0.39, 0.29) is 29.6 Å². The van der Waals surface area contributed by atoms with Crippen molar-refractivity contribution in [1.82, 2.24) is 4.90 Å². The quantitative estimate of drug-likeness (QED) is 0.263. The van der Waals surface area contributed by atoms with Crippen molar-refractivity contribution in [2.24, 2.45) is 58.7 Å². The third kappa shape index (κ3) is 5.53. The van der Waals surface area contributed by atoms with Crippen molar-refractivity contribution in [2.45, 2.75) is 120 Å². The first kappa shape index (κ1) is 32.9. The molecule has 2 aromatic rings. The zero-order chi connectivity index (χ0) is 33.3. The molecular formula is C45H61NO3. The van der Waals surface area contributed by atoms with E-state index in [4.69, 9.17) is 0 Å². The highest BCUT2D eigenvalue weighted by molar-refractivity contribution is 5.24. The molecule has 2 saturated heterocycles. The van der Waals surface area contributed by atoms with E-state index in [1.165, 1.54) is 43.2 Å². The SMILES string of the molecule is C[C@@]1(O)[C@@H]2CC[C@H]3C(C4C=CC[C@@]56CC[C@H](O)C[C@H]5[C@@H](O)C[C@H]3[C@H]46)[C@@H]2CN2C[C@@H](CC[C@H](CCc3ccccc3)c3ccccc3)CC[C@H]21. The van der Waals surface area contributed by atoms with Crippen LogP contribution >= 0.6 is 0 Å². The summed E-state index contributed by atoms with van der Waals surface area (Å²) >= 11 is 0. The van der Waals surface area contributed by atoms with Gasteiger partial charge in [-0.3, -0.25) is 4.90 Å². The third-order valence-corrected chi connectivity index (χ3v) is 16.4. The first-order valence-electron chi connectivity index (χ1n) is 20.4. The van der Waals surface area contributed by atoms with Gasteiger partial charge in [-0.1, -0.05) is 72.8 Å². The van der Waals surface area contributed by atoms with Gasteiger partial charge in [0.2, 0.25) is 0 Å². The molecule has 3 N–H and O–H groups in total. The van der Waals surface area contributed by atoms with E-state index in [1.807, 2.05) is 0 Å². The summed E-state index contributed by atoms with van der Waals surface area (Å²) in [5.74, 6) is 5.55. The molecule has 0 aromatic heterocycles. The minimum atomic E-state index is -0.637. The molecule has 15 atom stereocenters. The summed E-state index contributed by atoms with van der Waals surface area (Å²) in [6, 6.07) is 22.5. The lowest BCUT2D eigenvalue weighted by atomic mass is 9.47. The molecule has 2 unspecified atom stereocenters. The van der Waals surface area contributed by atoms with Gasteiger partial charge in [-0.25, -0.2) is 0 Å². The molecule has 9 rings (SSSR count). The average Bonchev–Trinajstić information content (AvgIpc) is 3.44. The molecule has 2 aliphatic heterocycles. The fraction of sp³-hybridized carbons (Fsp3) is 0.689. The number of aliphatic hydroxyl groups is 3. The molecule has 49 heavy (non-hydrogen) atoms. The zero-order valence-electron chi connectivity index (χ0n) is 29.8. The Labute approximate surface area is 295 Å². The van der Waals surface area contributed by atoms with Crippen molar-refractivity contribution in [1.29, 1.82) is 0 Å². The first-order chi connectivity index (χ1) is 23.8. The van der Waals surface area contributed by atoms with Crippen LogP contribution in [0.15, 0.2) is 72.8 Å². The van der Waals surface area contributed by atoms with Crippen LogP contribution < -0.4 is 0 Å². The highest BCUT2D eigenvalue weighted by atomic mass is 16.3. The van der Waals surface area contributed by atoms with Gasteiger partial charge in [-0.15, -0.1) is 0 Å². The minimum Gasteiger partial charge on any atom is -0.393 e. The number of hydrogen-bond acceptors (Lipinski definition) is 4. The number of nitrogens with zero attached hydrogens (tertiary/aromatic N) is 1. The second-order valence-electron chi connectivity index (χ2n) is 18.4. The van der Waals surface area contributed by atoms with E-state index >= 15 is 0 Å². The van der Waals surface area contributed by atoms with Crippen LogP contribution in [0.1, 0.15) is 101 Å². The summed E-state index contributed by atoms with van der Waals surface area (Å²) in [7, 11) is 0. The Hall–Kier alpha value is -1.98. The normalized spacial score (nSPS) is 46.1. The molecule has 4 saturated carbocycles. The number of hydrogen-bond donors (Lipinski definition) is 3. The second-order valence-corrected chi connectivity index (χ2v) is 18.4. The van der Waals surface area contributed by atoms with Gasteiger partial charge >= 0.3 is 0 Å². The topological polar surface area (TPSA) is 63.9 Å². The van der Waals surface area contributed by atoms with E-state index in [0.717, 1.165) is 64.5 Å². The smallest absolute Gasteiger partial charge is 0.0805 e. The van der Waals surface area contributed by atoms with E-state index in [2.05, 4.69) is 84.6 Å². The minimum absolute atomic E-state index is 0.166. The van der Waals surface area contributed by atoms with Crippen LogP contribution in [0.3, 0.4) is 0 Å². The Morgan fingerprint density at radius 1 is 0.816 bits per heavy atom. The van der Waals surface area contributed by atoms with E-state index in [1.54, 1.807) is 0 Å². The van der Waals surface area contributed by atoms with Crippen LogP contribution in [-0.4, -0.2) is 57.2 Å². The molecule has 0 radical (unpaired) electrons. The van der Waals surface area contributed by atoms with Crippen LogP contribution in [0.2, 0.25) is 0 Å². The zero-order valence-corrected chi connectivity index (χ0v) is 29.8. The van der Waals surface area contributed by atoms with Crippen molar-refractivity contribution in [3.8, 4) is 0 Å². The molecule has 264 valence electrons. The number of rotatable bonds is 7. The van der Waals surface area contributed by atoms with Gasteiger partial charge in [-0.05, 0) is 166 Å². The van der Waals surface area contributed by atoms with Crippen molar-refractivity contribution >= 4 is 0 Å². The van der Waals surface area contributed by atoms with Gasteiger partial charge in [0.05, 0.1) is 17.8 Å².